The number of rotatable bonds is 4. The van der Waals surface area contributed by atoms with Crippen LogP contribution in [-0.2, 0) is 0 Å². The SMILES string of the molecule is O=C(O)c1cc(-c2ccc(OC3CCNC3)c(Cl)c2)ncn1. The molecule has 0 aliphatic carbocycles. The quantitative estimate of drug-likeness (QED) is 0.899. The third kappa shape index (κ3) is 3.18. The molecule has 2 N–H and O–H groups in total. The maximum Gasteiger partial charge on any atom is 0.354 e. The van der Waals surface area contributed by atoms with E-state index in [4.69, 9.17) is 21.4 Å². The molecule has 1 aromatic heterocycles. The van der Waals surface area contributed by atoms with E-state index in [9.17, 15) is 4.79 Å². The van der Waals surface area contributed by atoms with E-state index in [2.05, 4.69) is 15.3 Å². The summed E-state index contributed by atoms with van der Waals surface area (Å²) in [5, 5.41) is 12.7. The normalized spacial score (nSPS) is 17.4. The van der Waals surface area contributed by atoms with Gasteiger partial charge in [0.15, 0.2) is 5.69 Å². The number of benzene rings is 1. The maximum absolute atomic E-state index is 11.0. The van der Waals surface area contributed by atoms with Gasteiger partial charge >= 0.3 is 5.97 Å². The summed E-state index contributed by atoms with van der Waals surface area (Å²) in [6.45, 7) is 1.76. The lowest BCUT2D eigenvalue weighted by molar-refractivity contribution is 0.0690. The molecule has 3 rings (SSSR count). The Balaban J connectivity index is 1.84. The van der Waals surface area contributed by atoms with Crippen LogP contribution in [0.25, 0.3) is 11.3 Å². The Hall–Kier alpha value is -2.18. The first-order valence-electron chi connectivity index (χ1n) is 6.86. The topological polar surface area (TPSA) is 84.3 Å². The van der Waals surface area contributed by atoms with Gasteiger partial charge in [-0.2, -0.15) is 0 Å². The van der Waals surface area contributed by atoms with E-state index in [0.29, 0.717) is 22.0 Å². The first-order chi connectivity index (χ1) is 10.6. The Morgan fingerprint density at radius 1 is 1.36 bits per heavy atom. The van der Waals surface area contributed by atoms with E-state index in [-0.39, 0.29) is 11.8 Å². The van der Waals surface area contributed by atoms with Gasteiger partial charge < -0.3 is 15.2 Å². The maximum atomic E-state index is 11.0. The molecule has 1 fully saturated rings. The molecule has 2 heterocycles. The van der Waals surface area contributed by atoms with Gasteiger partial charge in [0.2, 0.25) is 0 Å². The second-order valence-corrected chi connectivity index (χ2v) is 5.38. The lowest BCUT2D eigenvalue weighted by Crippen LogP contribution is -2.19. The number of carboxylic acid groups (broad SMARTS) is 1. The molecule has 0 radical (unpaired) electrons. The number of nitrogens with zero attached hydrogens (tertiary/aromatic N) is 2. The molecule has 1 atom stereocenters. The fourth-order valence-corrected chi connectivity index (χ4v) is 2.52. The van der Waals surface area contributed by atoms with Crippen molar-refractivity contribution in [2.75, 3.05) is 13.1 Å². The van der Waals surface area contributed by atoms with Gasteiger partial charge in [-0.25, -0.2) is 14.8 Å². The average molecular weight is 320 g/mol. The molecule has 0 spiro atoms. The molecule has 22 heavy (non-hydrogen) atoms. The summed E-state index contributed by atoms with van der Waals surface area (Å²) in [5.41, 5.74) is 1.16. The highest BCUT2D eigenvalue weighted by Gasteiger charge is 2.17. The monoisotopic (exact) mass is 319 g/mol. The number of hydrogen-bond acceptors (Lipinski definition) is 5. The first-order valence-corrected chi connectivity index (χ1v) is 7.24. The Morgan fingerprint density at radius 2 is 2.23 bits per heavy atom. The second-order valence-electron chi connectivity index (χ2n) is 4.97. The van der Waals surface area contributed by atoms with Gasteiger partial charge in [-0.3, -0.25) is 0 Å². The molecule has 0 amide bonds. The van der Waals surface area contributed by atoms with Crippen molar-refractivity contribution in [1.82, 2.24) is 15.3 Å². The molecule has 1 unspecified atom stereocenters. The molecule has 1 aliphatic heterocycles. The van der Waals surface area contributed by atoms with Crippen LogP contribution in [0.15, 0.2) is 30.6 Å². The van der Waals surface area contributed by atoms with Gasteiger partial charge in [0.1, 0.15) is 18.2 Å². The van der Waals surface area contributed by atoms with Crippen LogP contribution in [-0.4, -0.2) is 40.2 Å². The van der Waals surface area contributed by atoms with Crippen molar-refractivity contribution in [2.45, 2.75) is 12.5 Å². The van der Waals surface area contributed by atoms with Crippen LogP contribution in [0.5, 0.6) is 5.75 Å². The Kier molecular flexibility index (Phi) is 4.22. The third-order valence-electron chi connectivity index (χ3n) is 3.42. The van der Waals surface area contributed by atoms with Crippen LogP contribution in [0.4, 0.5) is 0 Å². The van der Waals surface area contributed by atoms with Crippen LogP contribution in [0, 0.1) is 0 Å². The van der Waals surface area contributed by atoms with E-state index >= 15 is 0 Å². The highest BCUT2D eigenvalue weighted by molar-refractivity contribution is 6.32. The van der Waals surface area contributed by atoms with Gasteiger partial charge in [-0.15, -0.1) is 0 Å². The lowest BCUT2D eigenvalue weighted by Gasteiger charge is -2.14. The van der Waals surface area contributed by atoms with E-state index in [1.54, 1.807) is 18.2 Å². The Bertz CT molecular complexity index is 702. The van der Waals surface area contributed by atoms with Crippen molar-refractivity contribution in [3.8, 4) is 17.0 Å². The summed E-state index contributed by atoms with van der Waals surface area (Å²) in [7, 11) is 0. The van der Waals surface area contributed by atoms with Crippen LogP contribution < -0.4 is 10.1 Å². The predicted octanol–water partition coefficient (Wildman–Crippen LogP) is 2.24. The summed E-state index contributed by atoms with van der Waals surface area (Å²) in [6.07, 6.45) is 2.30. The fourth-order valence-electron chi connectivity index (χ4n) is 2.30. The molecule has 0 bridgehead atoms. The third-order valence-corrected chi connectivity index (χ3v) is 3.72. The Labute approximate surface area is 132 Å². The minimum atomic E-state index is -1.09. The highest BCUT2D eigenvalue weighted by Crippen LogP contribution is 2.31. The second kappa shape index (κ2) is 6.29. The van der Waals surface area contributed by atoms with Crippen molar-refractivity contribution in [2.24, 2.45) is 0 Å². The summed E-state index contributed by atoms with van der Waals surface area (Å²) in [5.74, 6) is -0.477. The zero-order valence-electron chi connectivity index (χ0n) is 11.6. The van der Waals surface area contributed by atoms with Crippen molar-refractivity contribution >= 4 is 17.6 Å². The summed E-state index contributed by atoms with van der Waals surface area (Å²) < 4.78 is 5.84. The lowest BCUT2D eigenvalue weighted by atomic mass is 10.1. The molecule has 1 aliphatic rings. The zero-order chi connectivity index (χ0) is 15.5. The largest absolute Gasteiger partial charge is 0.487 e. The highest BCUT2D eigenvalue weighted by atomic mass is 35.5. The molecule has 114 valence electrons. The average Bonchev–Trinajstić information content (AvgIpc) is 3.02. The van der Waals surface area contributed by atoms with E-state index in [1.807, 2.05) is 0 Å². The van der Waals surface area contributed by atoms with Crippen molar-refractivity contribution in [3.05, 3.63) is 41.3 Å². The van der Waals surface area contributed by atoms with Crippen LogP contribution in [0.3, 0.4) is 0 Å². The first kappa shape index (κ1) is 14.7. The summed E-state index contributed by atoms with van der Waals surface area (Å²) in [4.78, 5) is 18.7. The minimum absolute atomic E-state index is 0.0570. The smallest absolute Gasteiger partial charge is 0.354 e. The fraction of sp³-hybridized carbons (Fsp3) is 0.267. The van der Waals surface area contributed by atoms with E-state index in [0.717, 1.165) is 19.5 Å². The molecule has 7 heteroatoms. The van der Waals surface area contributed by atoms with Gasteiger partial charge in [0.05, 0.1) is 10.7 Å². The standard InChI is InChI=1S/C15H14ClN3O3/c16-11-5-9(12-6-13(15(20)21)19-8-18-12)1-2-14(11)22-10-3-4-17-7-10/h1-2,5-6,8,10,17H,3-4,7H2,(H,20,21). The van der Waals surface area contributed by atoms with Crippen molar-refractivity contribution < 1.29 is 14.6 Å². The number of hydrogen-bond donors (Lipinski definition) is 2. The molecule has 6 nitrogen and oxygen atoms in total. The zero-order valence-corrected chi connectivity index (χ0v) is 12.4. The number of ether oxygens (including phenoxy) is 1. The van der Waals surface area contributed by atoms with Gasteiger partial charge in [-0.1, -0.05) is 11.6 Å². The van der Waals surface area contributed by atoms with Crippen LogP contribution in [0.2, 0.25) is 5.02 Å². The predicted molar refractivity (Wildman–Crippen MR) is 81.3 cm³/mol. The minimum Gasteiger partial charge on any atom is -0.487 e. The van der Waals surface area contributed by atoms with Crippen molar-refractivity contribution in [1.29, 1.82) is 0 Å². The van der Waals surface area contributed by atoms with Gasteiger partial charge in [0, 0.05) is 12.1 Å². The number of aromatic nitrogens is 2. The van der Waals surface area contributed by atoms with Crippen LogP contribution in [0.1, 0.15) is 16.9 Å². The van der Waals surface area contributed by atoms with E-state index in [1.165, 1.54) is 12.4 Å². The number of carbonyl (C=O) groups is 1. The van der Waals surface area contributed by atoms with E-state index < -0.39 is 5.97 Å². The van der Waals surface area contributed by atoms with Crippen LogP contribution >= 0.6 is 11.6 Å². The number of nitrogens with one attached hydrogen (secondary N) is 1. The van der Waals surface area contributed by atoms with Gasteiger partial charge in [-0.05, 0) is 37.2 Å². The molecule has 1 aromatic carbocycles. The number of carboxylic acids is 1. The number of aromatic carboxylic acids is 1. The summed E-state index contributed by atoms with van der Waals surface area (Å²) >= 11 is 6.25. The van der Waals surface area contributed by atoms with Crippen molar-refractivity contribution in [3.63, 3.8) is 0 Å². The molecule has 0 saturated carbocycles. The number of halogens is 1. The molecule has 1 saturated heterocycles. The molecule has 2 aromatic rings. The Morgan fingerprint density at radius 3 is 2.91 bits per heavy atom. The molecular weight excluding hydrogens is 306 g/mol. The van der Waals surface area contributed by atoms with Gasteiger partial charge in [0.25, 0.3) is 0 Å². The molecular formula is C15H14ClN3O3. The summed E-state index contributed by atoms with van der Waals surface area (Å²) in [6, 6.07) is 6.71.